The van der Waals surface area contributed by atoms with E-state index in [0.717, 1.165) is 0 Å². The van der Waals surface area contributed by atoms with Crippen LogP contribution in [0.5, 0.6) is 0 Å². The van der Waals surface area contributed by atoms with E-state index in [4.69, 9.17) is 0 Å². The molecule has 0 unspecified atom stereocenters. The molecule has 0 radical (unpaired) electrons. The van der Waals surface area contributed by atoms with Crippen molar-refractivity contribution in [3.05, 3.63) is 60.4 Å². The van der Waals surface area contributed by atoms with Gasteiger partial charge in [-0.3, -0.25) is 0 Å². The van der Waals surface area contributed by atoms with E-state index in [1.807, 2.05) is 6.07 Å². The molecule has 3 rings (SSSR count). The maximum atomic E-state index is 13.1. The summed E-state index contributed by atoms with van der Waals surface area (Å²) in [6.07, 6.45) is 3.47. The summed E-state index contributed by atoms with van der Waals surface area (Å²) in [5.74, 6) is 1.49. The van der Waals surface area contributed by atoms with Gasteiger partial charge in [-0.25, -0.2) is 23.8 Å². The van der Waals surface area contributed by atoms with E-state index in [2.05, 4.69) is 31.0 Å². The molecule has 0 bridgehead atoms. The van der Waals surface area contributed by atoms with E-state index in [-0.39, 0.29) is 0 Å². The van der Waals surface area contributed by atoms with Crippen molar-refractivity contribution in [3.63, 3.8) is 0 Å². The average Bonchev–Trinajstić information content (AvgIpc) is 3.13. The molecule has 0 fully saturated rings. The lowest BCUT2D eigenvalue weighted by Crippen LogP contribution is -2.32. The number of aromatic nitrogens is 4. The standard InChI is InChI=1S/C17H18FN7O/c1-12-22-15(11-16(23-12)25-9-3-6-21-25)19-7-8-20-17(26)24-14-5-2-4-13(18)10-14/h2-6,9-11H,7-8H2,1H3,(H,19,22,23)(H2,20,24,26). The number of amides is 2. The third kappa shape index (κ3) is 4.76. The largest absolute Gasteiger partial charge is 0.368 e. The van der Waals surface area contributed by atoms with Gasteiger partial charge in [-0.2, -0.15) is 5.10 Å². The Balaban J connectivity index is 1.48. The summed E-state index contributed by atoms with van der Waals surface area (Å²) in [6, 6.07) is 8.88. The van der Waals surface area contributed by atoms with Gasteiger partial charge in [0.15, 0.2) is 5.82 Å². The van der Waals surface area contributed by atoms with E-state index < -0.39 is 11.8 Å². The van der Waals surface area contributed by atoms with Crippen LogP contribution in [-0.2, 0) is 0 Å². The summed E-state index contributed by atoms with van der Waals surface area (Å²) in [4.78, 5) is 20.4. The summed E-state index contributed by atoms with van der Waals surface area (Å²) in [7, 11) is 0. The zero-order chi connectivity index (χ0) is 18.4. The normalized spacial score (nSPS) is 10.4. The number of urea groups is 1. The lowest BCUT2D eigenvalue weighted by molar-refractivity contribution is 0.252. The van der Waals surface area contributed by atoms with Gasteiger partial charge in [0, 0.05) is 37.2 Å². The van der Waals surface area contributed by atoms with Crippen LogP contribution in [0.4, 0.5) is 20.7 Å². The molecule has 8 nitrogen and oxygen atoms in total. The summed E-state index contributed by atoms with van der Waals surface area (Å²) in [5, 5.41) is 12.5. The predicted molar refractivity (Wildman–Crippen MR) is 95.8 cm³/mol. The second-order valence-electron chi connectivity index (χ2n) is 5.43. The van der Waals surface area contributed by atoms with Crippen molar-refractivity contribution in [3.8, 4) is 5.82 Å². The highest BCUT2D eigenvalue weighted by Gasteiger charge is 2.05. The molecule has 26 heavy (non-hydrogen) atoms. The topological polar surface area (TPSA) is 96.8 Å². The minimum absolute atomic E-state index is 0.362. The van der Waals surface area contributed by atoms with Crippen LogP contribution in [0.2, 0.25) is 0 Å². The second-order valence-corrected chi connectivity index (χ2v) is 5.43. The molecule has 0 spiro atoms. The van der Waals surface area contributed by atoms with Crippen LogP contribution >= 0.6 is 0 Å². The molecule has 0 atom stereocenters. The number of hydrogen-bond acceptors (Lipinski definition) is 5. The first-order valence-corrected chi connectivity index (χ1v) is 8.00. The van der Waals surface area contributed by atoms with Gasteiger partial charge in [0.25, 0.3) is 0 Å². The molecule has 9 heteroatoms. The number of halogens is 1. The Morgan fingerprint density at radius 2 is 2.08 bits per heavy atom. The highest BCUT2D eigenvalue weighted by molar-refractivity contribution is 5.89. The van der Waals surface area contributed by atoms with Crippen molar-refractivity contribution in [1.29, 1.82) is 0 Å². The molecule has 0 saturated carbocycles. The van der Waals surface area contributed by atoms with E-state index >= 15 is 0 Å². The highest BCUT2D eigenvalue weighted by atomic mass is 19.1. The van der Waals surface area contributed by atoms with Crippen molar-refractivity contribution in [2.24, 2.45) is 0 Å². The summed E-state index contributed by atoms with van der Waals surface area (Å²) in [6.45, 7) is 2.62. The van der Waals surface area contributed by atoms with Gasteiger partial charge in [0.05, 0.1) is 0 Å². The Labute approximate surface area is 149 Å². The Kier molecular flexibility index (Phi) is 5.37. The van der Waals surface area contributed by atoms with Crippen LogP contribution in [0.15, 0.2) is 48.8 Å². The Bertz CT molecular complexity index is 883. The van der Waals surface area contributed by atoms with Crippen molar-refractivity contribution in [2.45, 2.75) is 6.92 Å². The molecule has 2 aromatic heterocycles. The number of nitrogens with zero attached hydrogens (tertiary/aromatic N) is 4. The van der Waals surface area contributed by atoms with Crippen molar-refractivity contribution < 1.29 is 9.18 Å². The van der Waals surface area contributed by atoms with E-state index in [9.17, 15) is 9.18 Å². The highest BCUT2D eigenvalue weighted by Crippen LogP contribution is 2.10. The lowest BCUT2D eigenvalue weighted by Gasteiger charge is -2.10. The Morgan fingerprint density at radius 1 is 1.19 bits per heavy atom. The predicted octanol–water partition coefficient (Wildman–Crippen LogP) is 2.34. The van der Waals surface area contributed by atoms with Crippen LogP contribution in [-0.4, -0.2) is 38.9 Å². The molecule has 3 aromatic rings. The SMILES string of the molecule is Cc1nc(NCCNC(=O)Nc2cccc(F)c2)cc(-n2cccn2)n1. The van der Waals surface area contributed by atoms with Crippen LogP contribution in [0.1, 0.15) is 5.82 Å². The fourth-order valence-electron chi connectivity index (χ4n) is 2.27. The van der Waals surface area contributed by atoms with Crippen LogP contribution < -0.4 is 16.0 Å². The molecule has 0 saturated heterocycles. The van der Waals surface area contributed by atoms with E-state index in [1.54, 1.807) is 36.1 Å². The molecule has 3 N–H and O–H groups in total. The van der Waals surface area contributed by atoms with Crippen molar-refractivity contribution >= 4 is 17.5 Å². The molecule has 134 valence electrons. The van der Waals surface area contributed by atoms with Crippen LogP contribution in [0.25, 0.3) is 5.82 Å². The first-order valence-electron chi connectivity index (χ1n) is 8.00. The third-order valence-electron chi connectivity index (χ3n) is 3.36. The van der Waals surface area contributed by atoms with Crippen molar-refractivity contribution in [2.75, 3.05) is 23.7 Å². The minimum atomic E-state index is -0.409. The number of hydrogen-bond donors (Lipinski definition) is 3. The van der Waals surface area contributed by atoms with Crippen LogP contribution in [0.3, 0.4) is 0 Å². The smallest absolute Gasteiger partial charge is 0.319 e. The van der Waals surface area contributed by atoms with E-state index in [0.29, 0.717) is 36.2 Å². The average molecular weight is 355 g/mol. The molecular formula is C17H18FN7O. The second kappa shape index (κ2) is 8.06. The molecule has 1 aromatic carbocycles. The maximum Gasteiger partial charge on any atom is 0.319 e. The number of carbonyl (C=O) groups is 1. The van der Waals surface area contributed by atoms with E-state index in [1.165, 1.54) is 18.2 Å². The zero-order valence-corrected chi connectivity index (χ0v) is 14.1. The molecule has 0 aliphatic carbocycles. The Hall–Kier alpha value is -3.49. The Morgan fingerprint density at radius 3 is 2.85 bits per heavy atom. The first kappa shape index (κ1) is 17.3. The molecule has 2 heterocycles. The number of carbonyl (C=O) groups excluding carboxylic acids is 1. The van der Waals surface area contributed by atoms with Gasteiger partial charge in [0.1, 0.15) is 17.5 Å². The monoisotopic (exact) mass is 355 g/mol. The number of benzene rings is 1. The zero-order valence-electron chi connectivity index (χ0n) is 14.1. The van der Waals surface area contributed by atoms with Gasteiger partial charge in [-0.05, 0) is 31.2 Å². The summed E-state index contributed by atoms with van der Waals surface area (Å²) < 4.78 is 14.7. The van der Waals surface area contributed by atoms with Gasteiger partial charge in [0.2, 0.25) is 0 Å². The number of aryl methyl sites for hydroxylation is 1. The number of rotatable bonds is 6. The fraction of sp³-hybridized carbons (Fsp3) is 0.176. The van der Waals surface area contributed by atoms with Gasteiger partial charge in [-0.1, -0.05) is 6.07 Å². The lowest BCUT2D eigenvalue weighted by atomic mass is 10.3. The van der Waals surface area contributed by atoms with Crippen LogP contribution in [0, 0.1) is 12.7 Å². The minimum Gasteiger partial charge on any atom is -0.368 e. The molecule has 0 aliphatic rings. The summed E-state index contributed by atoms with van der Waals surface area (Å²) >= 11 is 0. The fourth-order valence-corrected chi connectivity index (χ4v) is 2.27. The summed E-state index contributed by atoms with van der Waals surface area (Å²) in [5.41, 5.74) is 0.394. The van der Waals surface area contributed by atoms with Gasteiger partial charge >= 0.3 is 6.03 Å². The number of nitrogens with one attached hydrogen (secondary N) is 3. The molecule has 2 amide bonds. The van der Waals surface area contributed by atoms with Gasteiger partial charge < -0.3 is 16.0 Å². The van der Waals surface area contributed by atoms with Crippen molar-refractivity contribution in [1.82, 2.24) is 25.1 Å². The van der Waals surface area contributed by atoms with Gasteiger partial charge in [-0.15, -0.1) is 0 Å². The first-order chi connectivity index (χ1) is 12.6. The number of anilines is 2. The maximum absolute atomic E-state index is 13.1. The molecular weight excluding hydrogens is 337 g/mol. The third-order valence-corrected chi connectivity index (χ3v) is 3.36. The quantitative estimate of drug-likeness (QED) is 0.590. The molecule has 0 aliphatic heterocycles.